The number of phenolic OH excluding ortho intramolecular Hbond substituents is 1. The van der Waals surface area contributed by atoms with Crippen molar-refractivity contribution in [2.24, 2.45) is 11.8 Å². The highest BCUT2D eigenvalue weighted by atomic mass is 16.3. The van der Waals surface area contributed by atoms with E-state index in [1.54, 1.807) is 12.1 Å². The molecule has 19 heavy (non-hydrogen) atoms. The van der Waals surface area contributed by atoms with Gasteiger partial charge in [-0.1, -0.05) is 31.6 Å². The first-order valence-electron chi connectivity index (χ1n) is 6.76. The molecule has 3 atom stereocenters. The molecule has 0 amide bonds. The van der Waals surface area contributed by atoms with Gasteiger partial charge in [-0.2, -0.15) is 0 Å². The molecule has 100 valence electrons. The maximum absolute atomic E-state index is 12.6. The lowest BCUT2D eigenvalue weighted by Crippen LogP contribution is -2.37. The van der Waals surface area contributed by atoms with Crippen LogP contribution >= 0.6 is 0 Å². The lowest BCUT2D eigenvalue weighted by atomic mass is 9.69. The summed E-state index contributed by atoms with van der Waals surface area (Å²) < 4.78 is 0. The molecule has 0 aliphatic heterocycles. The number of allylic oxidation sites excluding steroid dienone is 1. The second-order valence-electron chi connectivity index (χ2n) is 5.80. The van der Waals surface area contributed by atoms with Crippen LogP contribution in [0.1, 0.15) is 36.2 Å². The molecular weight excluding hydrogens is 240 g/mol. The van der Waals surface area contributed by atoms with Crippen molar-refractivity contribution in [3.8, 4) is 5.75 Å². The Labute approximate surface area is 112 Å². The summed E-state index contributed by atoms with van der Waals surface area (Å²) in [5.74, 6) is -0.0263. The normalized spacial score (nSPS) is 30.1. The topological polar surface area (TPSA) is 57.5 Å². The van der Waals surface area contributed by atoms with E-state index in [0.29, 0.717) is 12.0 Å². The van der Waals surface area contributed by atoms with Crippen molar-refractivity contribution in [2.75, 3.05) is 0 Å². The van der Waals surface area contributed by atoms with E-state index < -0.39 is 6.10 Å². The van der Waals surface area contributed by atoms with E-state index >= 15 is 0 Å². The van der Waals surface area contributed by atoms with Crippen molar-refractivity contribution in [3.63, 3.8) is 0 Å². The van der Waals surface area contributed by atoms with Gasteiger partial charge < -0.3 is 10.2 Å². The standard InChI is InChI=1S/C16H18O3/c1-8-6-11-7-10-4-3-5-12(17)14(10)16(19)13(11)9(2)15(8)18/h3-5,8-9,15,17-18H,6-7H2,1-2H3/t8-,9+,15-/m1/s1. The Kier molecular flexibility index (Phi) is 2.75. The van der Waals surface area contributed by atoms with Gasteiger partial charge >= 0.3 is 0 Å². The summed E-state index contributed by atoms with van der Waals surface area (Å²) >= 11 is 0. The van der Waals surface area contributed by atoms with Crippen LogP contribution < -0.4 is 0 Å². The second-order valence-corrected chi connectivity index (χ2v) is 5.80. The Morgan fingerprint density at radius 1 is 1.26 bits per heavy atom. The average Bonchev–Trinajstić information content (AvgIpc) is 2.35. The van der Waals surface area contributed by atoms with E-state index in [1.807, 2.05) is 19.9 Å². The summed E-state index contributed by atoms with van der Waals surface area (Å²) in [6.45, 7) is 3.92. The van der Waals surface area contributed by atoms with Crippen LogP contribution in [0.5, 0.6) is 5.75 Å². The van der Waals surface area contributed by atoms with Gasteiger partial charge in [0.05, 0.1) is 11.7 Å². The number of benzene rings is 1. The first-order valence-corrected chi connectivity index (χ1v) is 6.76. The third kappa shape index (κ3) is 1.72. The van der Waals surface area contributed by atoms with Crippen LogP contribution in [-0.4, -0.2) is 22.1 Å². The number of carbonyl (C=O) groups is 1. The van der Waals surface area contributed by atoms with E-state index in [0.717, 1.165) is 23.1 Å². The molecule has 3 heteroatoms. The van der Waals surface area contributed by atoms with E-state index in [4.69, 9.17) is 0 Å². The molecule has 2 aliphatic rings. The third-order valence-electron chi connectivity index (χ3n) is 4.50. The zero-order chi connectivity index (χ0) is 13.7. The summed E-state index contributed by atoms with van der Waals surface area (Å²) in [5.41, 5.74) is 3.18. The maximum Gasteiger partial charge on any atom is 0.193 e. The van der Waals surface area contributed by atoms with Gasteiger partial charge in [-0.15, -0.1) is 0 Å². The SMILES string of the molecule is C[C@@H]1CC2=C(C(=O)c3c(O)cccc3C2)[C@H](C)[C@@H]1O. The van der Waals surface area contributed by atoms with Crippen molar-refractivity contribution in [3.05, 3.63) is 40.5 Å². The van der Waals surface area contributed by atoms with E-state index in [1.165, 1.54) is 0 Å². The molecule has 0 saturated carbocycles. The molecule has 1 aromatic rings. The van der Waals surface area contributed by atoms with Gasteiger partial charge in [0.2, 0.25) is 0 Å². The molecule has 0 unspecified atom stereocenters. The third-order valence-corrected chi connectivity index (χ3v) is 4.50. The summed E-state index contributed by atoms with van der Waals surface area (Å²) in [6.07, 6.45) is 1.00. The van der Waals surface area contributed by atoms with E-state index in [-0.39, 0.29) is 23.4 Å². The Hall–Kier alpha value is -1.61. The van der Waals surface area contributed by atoms with Gasteiger partial charge in [-0.05, 0) is 30.4 Å². The summed E-state index contributed by atoms with van der Waals surface area (Å²) in [7, 11) is 0. The Bertz CT molecular complexity index is 586. The minimum atomic E-state index is -0.477. The van der Waals surface area contributed by atoms with E-state index in [2.05, 4.69) is 0 Å². The second kappa shape index (κ2) is 4.20. The highest BCUT2D eigenvalue weighted by molar-refractivity contribution is 6.13. The number of aromatic hydroxyl groups is 1. The predicted molar refractivity (Wildman–Crippen MR) is 72.1 cm³/mol. The van der Waals surface area contributed by atoms with Crippen molar-refractivity contribution in [2.45, 2.75) is 32.8 Å². The largest absolute Gasteiger partial charge is 0.507 e. The predicted octanol–water partition coefficient (Wildman–Crippen LogP) is 2.46. The minimum absolute atomic E-state index is 0.0503. The molecule has 2 aliphatic carbocycles. The van der Waals surface area contributed by atoms with Gasteiger partial charge in [-0.3, -0.25) is 4.79 Å². The fourth-order valence-electron chi connectivity index (χ4n) is 3.50. The fourth-order valence-corrected chi connectivity index (χ4v) is 3.50. The number of carbonyl (C=O) groups excluding carboxylic acids is 1. The lowest BCUT2D eigenvalue weighted by Gasteiger charge is -2.37. The molecule has 0 bridgehead atoms. The quantitative estimate of drug-likeness (QED) is 0.751. The zero-order valence-electron chi connectivity index (χ0n) is 11.2. The molecule has 0 spiro atoms. The molecular formula is C16H18O3. The molecule has 0 fully saturated rings. The summed E-state index contributed by atoms with van der Waals surface area (Å²) in [5, 5.41) is 20.1. The monoisotopic (exact) mass is 258 g/mol. The highest BCUT2D eigenvalue weighted by Gasteiger charge is 2.39. The molecule has 1 aromatic carbocycles. The minimum Gasteiger partial charge on any atom is -0.507 e. The number of aliphatic hydroxyl groups excluding tert-OH is 1. The number of hydrogen-bond donors (Lipinski definition) is 2. The van der Waals surface area contributed by atoms with Gasteiger partial charge in [0.1, 0.15) is 5.75 Å². The molecule has 0 aromatic heterocycles. The Morgan fingerprint density at radius 2 is 2.00 bits per heavy atom. The average molecular weight is 258 g/mol. The molecule has 2 N–H and O–H groups in total. The van der Waals surface area contributed by atoms with Gasteiger partial charge in [0.25, 0.3) is 0 Å². The van der Waals surface area contributed by atoms with Gasteiger partial charge in [-0.25, -0.2) is 0 Å². The first kappa shape index (κ1) is 12.4. The van der Waals surface area contributed by atoms with Crippen LogP contribution in [-0.2, 0) is 6.42 Å². The van der Waals surface area contributed by atoms with Crippen molar-refractivity contribution in [1.29, 1.82) is 0 Å². The number of phenols is 1. The lowest BCUT2D eigenvalue weighted by molar-refractivity contribution is 0.0633. The summed E-state index contributed by atoms with van der Waals surface area (Å²) in [6, 6.07) is 5.23. The molecule has 3 nitrogen and oxygen atoms in total. The highest BCUT2D eigenvalue weighted by Crippen LogP contribution is 2.42. The van der Waals surface area contributed by atoms with Crippen molar-refractivity contribution < 1.29 is 15.0 Å². The maximum atomic E-state index is 12.6. The molecule has 0 radical (unpaired) electrons. The van der Waals surface area contributed by atoms with Crippen LogP contribution in [0.2, 0.25) is 0 Å². The van der Waals surface area contributed by atoms with Crippen molar-refractivity contribution >= 4 is 5.78 Å². The number of fused-ring (bicyclic) bond motifs is 1. The summed E-state index contributed by atoms with van der Waals surface area (Å²) in [4.78, 5) is 12.6. The van der Waals surface area contributed by atoms with Crippen LogP contribution in [0.25, 0.3) is 0 Å². The van der Waals surface area contributed by atoms with Crippen LogP contribution in [0.4, 0.5) is 0 Å². The Morgan fingerprint density at radius 3 is 2.74 bits per heavy atom. The Balaban J connectivity index is 2.13. The smallest absolute Gasteiger partial charge is 0.193 e. The fraction of sp³-hybridized carbons (Fsp3) is 0.438. The molecule has 0 saturated heterocycles. The first-order chi connectivity index (χ1) is 9.00. The zero-order valence-corrected chi connectivity index (χ0v) is 11.2. The van der Waals surface area contributed by atoms with Crippen LogP contribution in [0.15, 0.2) is 29.3 Å². The molecule has 3 rings (SSSR count). The van der Waals surface area contributed by atoms with Gasteiger partial charge in [0, 0.05) is 11.5 Å². The van der Waals surface area contributed by atoms with Crippen LogP contribution in [0, 0.1) is 11.8 Å². The van der Waals surface area contributed by atoms with E-state index in [9.17, 15) is 15.0 Å². The number of Topliss-reactive ketones (excluding diaryl/α,β-unsaturated/α-hetero) is 1. The van der Waals surface area contributed by atoms with Crippen LogP contribution in [0.3, 0.4) is 0 Å². The number of rotatable bonds is 0. The molecule has 0 heterocycles. The van der Waals surface area contributed by atoms with Gasteiger partial charge in [0.15, 0.2) is 5.78 Å². The number of ketones is 1. The number of hydrogen-bond acceptors (Lipinski definition) is 3. The van der Waals surface area contributed by atoms with Crippen molar-refractivity contribution in [1.82, 2.24) is 0 Å². The number of aliphatic hydroxyl groups is 1.